The van der Waals surface area contributed by atoms with Crippen molar-refractivity contribution in [3.8, 4) is 0 Å². The molecule has 3 fully saturated rings. The molecule has 1 saturated carbocycles. The highest BCUT2D eigenvalue weighted by Gasteiger charge is 2.41. The molecule has 24 heavy (non-hydrogen) atoms. The first kappa shape index (κ1) is 17.6. The molecule has 0 bridgehead atoms. The Balaban J connectivity index is 1.62. The van der Waals surface area contributed by atoms with Crippen molar-refractivity contribution in [3.05, 3.63) is 0 Å². The van der Waals surface area contributed by atoms with Crippen molar-refractivity contribution in [3.63, 3.8) is 0 Å². The predicted octanol–water partition coefficient (Wildman–Crippen LogP) is 3.06. The molecule has 2 aliphatic heterocycles. The van der Waals surface area contributed by atoms with Crippen molar-refractivity contribution in [2.75, 3.05) is 19.6 Å². The van der Waals surface area contributed by atoms with Gasteiger partial charge in [-0.3, -0.25) is 9.59 Å². The monoisotopic (exact) mass is 342 g/mol. The normalized spacial score (nSPS) is 31.3. The fourth-order valence-electron chi connectivity index (χ4n) is 4.70. The van der Waals surface area contributed by atoms with Gasteiger partial charge >= 0.3 is 0 Å². The number of halogens is 2. The number of hydrogen-bond acceptors (Lipinski definition) is 2. The molecule has 6 heteroatoms. The Morgan fingerprint density at radius 1 is 1.00 bits per heavy atom. The average molecular weight is 342 g/mol. The summed E-state index contributed by atoms with van der Waals surface area (Å²) in [5, 5.41) is 0. The van der Waals surface area contributed by atoms with E-state index in [1.54, 1.807) is 6.92 Å². The van der Waals surface area contributed by atoms with E-state index in [0.29, 0.717) is 31.8 Å². The quantitative estimate of drug-likeness (QED) is 0.735. The zero-order chi connectivity index (χ0) is 17.3. The molecule has 0 N–H and O–H groups in total. The number of fused-ring (bicyclic) bond motifs is 1. The molecule has 0 unspecified atom stereocenters. The summed E-state index contributed by atoms with van der Waals surface area (Å²) >= 11 is 0. The van der Waals surface area contributed by atoms with Gasteiger partial charge in [-0.05, 0) is 38.0 Å². The molecular weight excluding hydrogens is 314 g/mol. The van der Waals surface area contributed by atoms with Gasteiger partial charge in [0.05, 0.1) is 0 Å². The van der Waals surface area contributed by atoms with E-state index in [2.05, 4.69) is 0 Å². The van der Waals surface area contributed by atoms with Gasteiger partial charge in [-0.2, -0.15) is 0 Å². The zero-order valence-corrected chi connectivity index (χ0v) is 14.5. The van der Waals surface area contributed by atoms with E-state index in [4.69, 9.17) is 0 Å². The molecule has 3 aliphatic rings. The number of alkyl halides is 2. The average Bonchev–Trinajstić information content (AvgIpc) is 2.76. The van der Waals surface area contributed by atoms with Crippen LogP contribution < -0.4 is 0 Å². The van der Waals surface area contributed by atoms with Crippen LogP contribution in [-0.2, 0) is 9.59 Å². The number of likely N-dealkylation sites (tertiary alicyclic amines) is 2. The topological polar surface area (TPSA) is 40.6 Å². The van der Waals surface area contributed by atoms with Crippen LogP contribution in [0.2, 0.25) is 0 Å². The minimum Gasteiger partial charge on any atom is -0.342 e. The van der Waals surface area contributed by atoms with E-state index in [-0.39, 0.29) is 36.6 Å². The Labute approximate surface area is 142 Å². The van der Waals surface area contributed by atoms with E-state index in [1.165, 1.54) is 0 Å². The third-order valence-electron chi connectivity index (χ3n) is 6.10. The van der Waals surface area contributed by atoms with E-state index in [9.17, 15) is 18.4 Å². The van der Waals surface area contributed by atoms with E-state index >= 15 is 0 Å². The third-order valence-corrected chi connectivity index (χ3v) is 6.10. The molecule has 3 rings (SSSR count). The van der Waals surface area contributed by atoms with Crippen LogP contribution in [0.4, 0.5) is 8.78 Å². The second kappa shape index (κ2) is 6.96. The lowest BCUT2D eigenvalue weighted by atomic mass is 9.83. The van der Waals surface area contributed by atoms with Gasteiger partial charge in [0, 0.05) is 51.4 Å². The number of rotatable bonds is 1. The van der Waals surface area contributed by atoms with Gasteiger partial charge in [-0.25, -0.2) is 8.78 Å². The molecular formula is C18H28F2N2O2. The van der Waals surface area contributed by atoms with Gasteiger partial charge < -0.3 is 9.80 Å². The first-order chi connectivity index (χ1) is 11.4. The highest BCUT2D eigenvalue weighted by Crippen LogP contribution is 2.38. The molecule has 1 aliphatic carbocycles. The molecule has 0 aromatic heterocycles. The summed E-state index contributed by atoms with van der Waals surface area (Å²) in [6.07, 6.45) is 4.25. The smallest absolute Gasteiger partial charge is 0.248 e. The Bertz CT molecular complexity index is 487. The fourth-order valence-corrected chi connectivity index (χ4v) is 4.70. The molecule has 136 valence electrons. The molecule has 2 atom stereocenters. The van der Waals surface area contributed by atoms with Crippen molar-refractivity contribution in [1.29, 1.82) is 0 Å². The van der Waals surface area contributed by atoms with Crippen LogP contribution in [0.3, 0.4) is 0 Å². The molecule has 0 radical (unpaired) electrons. The SMILES string of the molecule is CC(=O)N1CCCC[C@H]2CN(C(=O)C3CCC(F)(F)CC3)CC[C@H]21. The van der Waals surface area contributed by atoms with E-state index in [1.807, 2.05) is 9.80 Å². The summed E-state index contributed by atoms with van der Waals surface area (Å²) in [5.41, 5.74) is 0. The first-order valence-electron chi connectivity index (χ1n) is 9.31. The van der Waals surface area contributed by atoms with Crippen LogP contribution in [0.15, 0.2) is 0 Å². The number of piperidine rings is 1. The van der Waals surface area contributed by atoms with Gasteiger partial charge in [0.2, 0.25) is 17.7 Å². The molecule has 2 heterocycles. The maximum atomic E-state index is 13.3. The van der Waals surface area contributed by atoms with Crippen molar-refractivity contribution in [1.82, 2.24) is 9.80 Å². The lowest BCUT2D eigenvalue weighted by molar-refractivity contribution is -0.143. The van der Waals surface area contributed by atoms with Crippen molar-refractivity contribution in [2.24, 2.45) is 11.8 Å². The summed E-state index contributed by atoms with van der Waals surface area (Å²) in [7, 11) is 0. The van der Waals surface area contributed by atoms with Crippen LogP contribution in [0.25, 0.3) is 0 Å². The summed E-state index contributed by atoms with van der Waals surface area (Å²) in [6.45, 7) is 3.78. The van der Waals surface area contributed by atoms with Crippen LogP contribution in [0.5, 0.6) is 0 Å². The minimum absolute atomic E-state index is 0.0579. The summed E-state index contributed by atoms with van der Waals surface area (Å²) in [5.74, 6) is -2.31. The lowest BCUT2D eigenvalue weighted by Crippen LogP contribution is -2.54. The van der Waals surface area contributed by atoms with Gasteiger partial charge in [0.15, 0.2) is 0 Å². The molecule has 2 saturated heterocycles. The number of amides is 2. The molecule has 0 aromatic carbocycles. The highest BCUT2D eigenvalue weighted by atomic mass is 19.3. The third kappa shape index (κ3) is 3.72. The summed E-state index contributed by atoms with van der Waals surface area (Å²) in [4.78, 5) is 28.5. The van der Waals surface area contributed by atoms with Gasteiger partial charge in [0.25, 0.3) is 0 Å². The molecule has 0 aromatic rings. The largest absolute Gasteiger partial charge is 0.342 e. The van der Waals surface area contributed by atoms with Crippen molar-refractivity contribution >= 4 is 11.8 Å². The van der Waals surface area contributed by atoms with E-state index < -0.39 is 5.92 Å². The maximum Gasteiger partial charge on any atom is 0.248 e. The Morgan fingerprint density at radius 3 is 2.38 bits per heavy atom. The van der Waals surface area contributed by atoms with E-state index in [0.717, 1.165) is 32.2 Å². The number of carbonyl (C=O) groups excluding carboxylic acids is 2. The number of carbonyl (C=O) groups is 2. The fraction of sp³-hybridized carbons (Fsp3) is 0.889. The Hall–Kier alpha value is -1.20. The van der Waals surface area contributed by atoms with Gasteiger partial charge in [0.1, 0.15) is 0 Å². The summed E-state index contributed by atoms with van der Waals surface area (Å²) < 4.78 is 26.6. The summed E-state index contributed by atoms with van der Waals surface area (Å²) in [6, 6.07) is 0.240. The van der Waals surface area contributed by atoms with Crippen LogP contribution >= 0.6 is 0 Å². The number of nitrogens with zero attached hydrogens (tertiary/aromatic N) is 2. The second-order valence-corrected chi connectivity index (χ2v) is 7.74. The van der Waals surface area contributed by atoms with Crippen LogP contribution in [0.1, 0.15) is 58.3 Å². The second-order valence-electron chi connectivity index (χ2n) is 7.74. The van der Waals surface area contributed by atoms with Crippen molar-refractivity contribution in [2.45, 2.75) is 70.3 Å². The number of hydrogen-bond donors (Lipinski definition) is 0. The molecule has 4 nitrogen and oxygen atoms in total. The predicted molar refractivity (Wildman–Crippen MR) is 86.6 cm³/mol. The first-order valence-corrected chi connectivity index (χ1v) is 9.31. The van der Waals surface area contributed by atoms with Crippen LogP contribution in [0, 0.1) is 11.8 Å². The molecule has 2 amide bonds. The standard InChI is InChI=1S/C18H28F2N2O2/c1-13(23)22-10-3-2-4-15-12-21(11-7-16(15)22)17(24)14-5-8-18(19,20)9-6-14/h14-16H,2-12H2,1H3/t15-,16+/m0/s1. The van der Waals surface area contributed by atoms with Crippen LogP contribution in [-0.4, -0.2) is 53.2 Å². The Kier molecular flexibility index (Phi) is 5.11. The highest BCUT2D eigenvalue weighted by molar-refractivity contribution is 5.79. The zero-order valence-electron chi connectivity index (χ0n) is 14.5. The lowest BCUT2D eigenvalue weighted by Gasteiger charge is -2.43. The maximum absolute atomic E-state index is 13.3. The minimum atomic E-state index is -2.59. The Morgan fingerprint density at radius 2 is 1.71 bits per heavy atom. The van der Waals surface area contributed by atoms with Crippen molar-refractivity contribution < 1.29 is 18.4 Å². The molecule has 0 spiro atoms. The van der Waals surface area contributed by atoms with Gasteiger partial charge in [-0.15, -0.1) is 0 Å². The van der Waals surface area contributed by atoms with Gasteiger partial charge in [-0.1, -0.05) is 6.42 Å².